The van der Waals surface area contributed by atoms with E-state index >= 15 is 0 Å². The standard InChI is InChI=1S/C14H26N2O4/c1-5-16(6-2)12(18)9-7-8-11(17)15-13(10(3)4)14(19)20/h10,13H,5-9H2,1-4H3,(H,15,17)(H,19,20)/t13-/m0/s1. The molecule has 0 aliphatic carbocycles. The van der Waals surface area contributed by atoms with E-state index in [0.29, 0.717) is 25.9 Å². The van der Waals surface area contributed by atoms with Gasteiger partial charge in [-0.15, -0.1) is 0 Å². The normalized spacial score (nSPS) is 12.1. The van der Waals surface area contributed by atoms with Gasteiger partial charge in [-0.3, -0.25) is 9.59 Å². The molecule has 0 fully saturated rings. The van der Waals surface area contributed by atoms with Crippen molar-refractivity contribution in [1.29, 1.82) is 0 Å². The first-order chi connectivity index (χ1) is 9.33. The molecule has 2 N–H and O–H groups in total. The molecule has 0 heterocycles. The van der Waals surface area contributed by atoms with Gasteiger partial charge in [-0.1, -0.05) is 13.8 Å². The number of nitrogens with one attached hydrogen (secondary N) is 1. The van der Waals surface area contributed by atoms with E-state index in [4.69, 9.17) is 5.11 Å². The quantitative estimate of drug-likeness (QED) is 0.668. The summed E-state index contributed by atoms with van der Waals surface area (Å²) in [6.45, 7) is 8.63. The first-order valence-electron chi connectivity index (χ1n) is 7.13. The molecule has 0 unspecified atom stereocenters. The van der Waals surface area contributed by atoms with Gasteiger partial charge in [-0.05, 0) is 26.2 Å². The van der Waals surface area contributed by atoms with Crippen LogP contribution in [0.15, 0.2) is 0 Å². The van der Waals surface area contributed by atoms with Crippen molar-refractivity contribution >= 4 is 17.8 Å². The molecule has 0 spiro atoms. The van der Waals surface area contributed by atoms with E-state index in [0.717, 1.165) is 0 Å². The number of carboxylic acid groups (broad SMARTS) is 1. The lowest BCUT2D eigenvalue weighted by molar-refractivity contribution is -0.143. The predicted octanol–water partition coefficient (Wildman–Crippen LogP) is 1.25. The van der Waals surface area contributed by atoms with Gasteiger partial charge in [0.05, 0.1) is 0 Å². The molecule has 6 nitrogen and oxygen atoms in total. The maximum absolute atomic E-state index is 11.7. The molecule has 0 aliphatic heterocycles. The molecule has 0 saturated carbocycles. The number of hydrogen-bond acceptors (Lipinski definition) is 3. The van der Waals surface area contributed by atoms with E-state index in [1.165, 1.54) is 0 Å². The Hall–Kier alpha value is -1.59. The first kappa shape index (κ1) is 18.4. The predicted molar refractivity (Wildman–Crippen MR) is 76.2 cm³/mol. The Morgan fingerprint density at radius 3 is 2.05 bits per heavy atom. The average molecular weight is 286 g/mol. The van der Waals surface area contributed by atoms with Crippen molar-refractivity contribution in [1.82, 2.24) is 10.2 Å². The second-order valence-electron chi connectivity index (χ2n) is 5.05. The van der Waals surface area contributed by atoms with Crippen molar-refractivity contribution in [2.75, 3.05) is 13.1 Å². The Labute approximate surface area is 120 Å². The Balaban J connectivity index is 4.11. The first-order valence-corrected chi connectivity index (χ1v) is 7.13. The topological polar surface area (TPSA) is 86.7 Å². The van der Waals surface area contributed by atoms with E-state index in [1.807, 2.05) is 13.8 Å². The van der Waals surface area contributed by atoms with Crippen molar-refractivity contribution in [2.45, 2.75) is 53.0 Å². The van der Waals surface area contributed by atoms with Crippen LogP contribution in [0.25, 0.3) is 0 Å². The zero-order valence-electron chi connectivity index (χ0n) is 12.8. The summed E-state index contributed by atoms with van der Waals surface area (Å²) < 4.78 is 0. The number of nitrogens with zero attached hydrogens (tertiary/aromatic N) is 1. The summed E-state index contributed by atoms with van der Waals surface area (Å²) in [5.41, 5.74) is 0. The third kappa shape index (κ3) is 6.54. The largest absolute Gasteiger partial charge is 0.480 e. The summed E-state index contributed by atoms with van der Waals surface area (Å²) >= 11 is 0. The van der Waals surface area contributed by atoms with Crippen molar-refractivity contribution in [3.05, 3.63) is 0 Å². The van der Waals surface area contributed by atoms with Crippen LogP contribution in [0.2, 0.25) is 0 Å². The highest BCUT2D eigenvalue weighted by Crippen LogP contribution is 2.05. The Bertz CT molecular complexity index is 338. The van der Waals surface area contributed by atoms with Crippen molar-refractivity contribution < 1.29 is 19.5 Å². The lowest BCUT2D eigenvalue weighted by atomic mass is 10.0. The molecule has 20 heavy (non-hydrogen) atoms. The van der Waals surface area contributed by atoms with Crippen LogP contribution in [-0.2, 0) is 14.4 Å². The number of amides is 2. The van der Waals surface area contributed by atoms with Crippen LogP contribution in [0.1, 0.15) is 47.0 Å². The van der Waals surface area contributed by atoms with Crippen LogP contribution in [0, 0.1) is 5.92 Å². The molecule has 0 radical (unpaired) electrons. The van der Waals surface area contributed by atoms with Gasteiger partial charge >= 0.3 is 5.97 Å². The lowest BCUT2D eigenvalue weighted by Gasteiger charge is -2.19. The van der Waals surface area contributed by atoms with Crippen LogP contribution in [-0.4, -0.2) is 46.9 Å². The minimum absolute atomic E-state index is 0.0291. The zero-order valence-corrected chi connectivity index (χ0v) is 12.8. The number of hydrogen-bond donors (Lipinski definition) is 2. The van der Waals surface area contributed by atoms with Crippen LogP contribution in [0.4, 0.5) is 0 Å². The molecular formula is C14H26N2O4. The molecule has 6 heteroatoms. The highest BCUT2D eigenvalue weighted by atomic mass is 16.4. The number of rotatable bonds is 9. The summed E-state index contributed by atoms with van der Waals surface area (Å²) in [6, 6.07) is -0.874. The highest BCUT2D eigenvalue weighted by Gasteiger charge is 2.23. The van der Waals surface area contributed by atoms with Crippen molar-refractivity contribution in [3.8, 4) is 0 Å². The van der Waals surface area contributed by atoms with Gasteiger partial charge < -0.3 is 15.3 Å². The van der Waals surface area contributed by atoms with E-state index < -0.39 is 12.0 Å². The zero-order chi connectivity index (χ0) is 15.7. The molecule has 0 aliphatic rings. The fraction of sp³-hybridized carbons (Fsp3) is 0.786. The Morgan fingerprint density at radius 2 is 1.65 bits per heavy atom. The molecule has 0 saturated heterocycles. The van der Waals surface area contributed by atoms with E-state index in [1.54, 1.807) is 18.7 Å². The van der Waals surface area contributed by atoms with Gasteiger partial charge in [0.2, 0.25) is 11.8 Å². The molecule has 1 atom stereocenters. The fourth-order valence-electron chi connectivity index (χ4n) is 1.89. The van der Waals surface area contributed by atoms with Gasteiger partial charge in [0.1, 0.15) is 6.04 Å². The van der Waals surface area contributed by atoms with E-state index in [9.17, 15) is 14.4 Å². The second kappa shape index (κ2) is 9.34. The molecular weight excluding hydrogens is 260 g/mol. The van der Waals surface area contributed by atoms with Crippen LogP contribution < -0.4 is 5.32 Å². The summed E-state index contributed by atoms with van der Waals surface area (Å²) in [5.74, 6) is -1.50. The van der Waals surface area contributed by atoms with Gasteiger partial charge in [-0.2, -0.15) is 0 Å². The van der Waals surface area contributed by atoms with Crippen LogP contribution >= 0.6 is 0 Å². The second-order valence-corrected chi connectivity index (χ2v) is 5.05. The molecule has 0 bridgehead atoms. The monoisotopic (exact) mass is 286 g/mol. The minimum atomic E-state index is -1.03. The highest BCUT2D eigenvalue weighted by molar-refractivity contribution is 5.84. The average Bonchev–Trinajstić information content (AvgIpc) is 2.36. The summed E-state index contributed by atoms with van der Waals surface area (Å²) in [4.78, 5) is 36.0. The SMILES string of the molecule is CCN(CC)C(=O)CCCC(=O)N[C@H](C(=O)O)C(C)C. The molecule has 0 aromatic rings. The third-order valence-electron chi connectivity index (χ3n) is 3.16. The van der Waals surface area contributed by atoms with Gasteiger partial charge in [0.25, 0.3) is 0 Å². The number of aliphatic carboxylic acids is 1. The number of carboxylic acids is 1. The Morgan fingerprint density at radius 1 is 1.10 bits per heavy atom. The Kier molecular flexibility index (Phi) is 8.59. The molecule has 2 amide bonds. The maximum Gasteiger partial charge on any atom is 0.326 e. The molecule has 116 valence electrons. The smallest absolute Gasteiger partial charge is 0.326 e. The lowest BCUT2D eigenvalue weighted by Crippen LogP contribution is -2.44. The summed E-state index contributed by atoms with van der Waals surface area (Å²) in [6.07, 6.45) is 0.920. The van der Waals surface area contributed by atoms with Gasteiger partial charge in [-0.25, -0.2) is 4.79 Å². The van der Waals surface area contributed by atoms with Crippen LogP contribution in [0.5, 0.6) is 0 Å². The van der Waals surface area contributed by atoms with Gasteiger partial charge in [0.15, 0.2) is 0 Å². The van der Waals surface area contributed by atoms with Crippen molar-refractivity contribution in [3.63, 3.8) is 0 Å². The molecule has 0 aromatic carbocycles. The maximum atomic E-state index is 11.7. The van der Waals surface area contributed by atoms with E-state index in [2.05, 4.69) is 5.32 Å². The van der Waals surface area contributed by atoms with E-state index in [-0.39, 0.29) is 24.2 Å². The number of carbonyl (C=O) groups excluding carboxylic acids is 2. The number of carbonyl (C=O) groups is 3. The van der Waals surface area contributed by atoms with Crippen molar-refractivity contribution in [2.24, 2.45) is 5.92 Å². The summed E-state index contributed by atoms with van der Waals surface area (Å²) in [7, 11) is 0. The minimum Gasteiger partial charge on any atom is -0.480 e. The summed E-state index contributed by atoms with van der Waals surface area (Å²) in [5, 5.41) is 11.5. The van der Waals surface area contributed by atoms with Crippen LogP contribution in [0.3, 0.4) is 0 Å². The molecule has 0 rings (SSSR count). The fourth-order valence-corrected chi connectivity index (χ4v) is 1.89. The molecule has 0 aromatic heterocycles. The third-order valence-corrected chi connectivity index (χ3v) is 3.16. The van der Waals surface area contributed by atoms with Gasteiger partial charge in [0, 0.05) is 25.9 Å².